The van der Waals surface area contributed by atoms with Gasteiger partial charge < -0.3 is 32.0 Å². The predicted molar refractivity (Wildman–Crippen MR) is 198 cm³/mol. The molecule has 1 N–H and O–H groups in total. The first-order chi connectivity index (χ1) is 22.0. The second-order valence-corrected chi connectivity index (χ2v) is 19.3. The van der Waals surface area contributed by atoms with Crippen molar-refractivity contribution in [2.24, 2.45) is 0 Å². The van der Waals surface area contributed by atoms with E-state index in [1.807, 2.05) is 0 Å². The van der Waals surface area contributed by atoms with E-state index in [-0.39, 0.29) is 0 Å². The lowest BCUT2D eigenvalue weighted by atomic mass is 10.1. The van der Waals surface area contributed by atoms with Gasteiger partial charge in [0.25, 0.3) is 0 Å². The monoisotopic (exact) mass is 677 g/mol. The lowest BCUT2D eigenvalue weighted by Crippen LogP contribution is -2.57. The molecular weight excluding hydrogens is 597 g/mol. The Morgan fingerprint density at radius 3 is 1.16 bits per heavy atom. The lowest BCUT2D eigenvalue weighted by Gasteiger charge is -2.36. The number of hydrogen-bond donors (Lipinski definition) is 1. The van der Waals surface area contributed by atoms with E-state index in [2.05, 4.69) is 31.0 Å². The van der Waals surface area contributed by atoms with Crippen LogP contribution in [0.3, 0.4) is 0 Å². The molecule has 0 aliphatic carbocycles. The fraction of sp³-hybridized carbons (Fsp3) is 1.00. The molecule has 0 heterocycles. The first kappa shape index (κ1) is 45.2. The van der Waals surface area contributed by atoms with Gasteiger partial charge in [0, 0.05) is 40.5 Å². The second kappa shape index (κ2) is 32.7. The van der Waals surface area contributed by atoms with E-state index in [1.54, 1.807) is 28.4 Å². The smallest absolute Gasteiger partial charge is 0.377 e. The Morgan fingerprint density at radius 1 is 0.400 bits per heavy atom. The van der Waals surface area contributed by atoms with Crippen molar-refractivity contribution in [2.75, 3.05) is 61.2 Å². The summed E-state index contributed by atoms with van der Waals surface area (Å²) in [7, 11) is 1.06. The molecule has 45 heavy (non-hydrogen) atoms. The van der Waals surface area contributed by atoms with Crippen LogP contribution >= 0.6 is 0 Å². The molecule has 0 amide bonds. The summed E-state index contributed by atoms with van der Waals surface area (Å²) in [5.74, 6) is 0. The zero-order chi connectivity index (χ0) is 33.3. The first-order valence-electron chi connectivity index (χ1n) is 19.3. The average molecular weight is 677 g/mol. The molecule has 0 rings (SSSR count). The van der Waals surface area contributed by atoms with Crippen molar-refractivity contribution in [2.45, 2.75) is 174 Å². The van der Waals surface area contributed by atoms with Gasteiger partial charge in [0.05, 0.1) is 0 Å². The van der Waals surface area contributed by atoms with Gasteiger partial charge in [-0.25, -0.2) is 0 Å². The van der Waals surface area contributed by atoms with Crippen molar-refractivity contribution in [3.63, 3.8) is 0 Å². The Hall–Kier alpha value is 0.154. The highest BCUT2D eigenvalue weighted by atomic mass is 28.5. The Balaban J connectivity index is 4.79. The van der Waals surface area contributed by atoms with Crippen molar-refractivity contribution < 1.29 is 21.8 Å². The topological polar surface area (TPSA) is 61.4 Å². The van der Waals surface area contributed by atoms with Gasteiger partial charge in [0.15, 0.2) is 0 Å². The maximum atomic E-state index is 6.72. The molecule has 0 aromatic heterocycles. The van der Waals surface area contributed by atoms with E-state index >= 15 is 0 Å². The molecule has 0 unspecified atom stereocenters. The highest BCUT2D eigenvalue weighted by Gasteiger charge is 2.51. The molecule has 0 aromatic carbocycles. The molecule has 9 heteroatoms. The zero-order valence-corrected chi connectivity index (χ0v) is 33.5. The van der Waals surface area contributed by atoms with Crippen molar-refractivity contribution in [1.82, 2.24) is 10.2 Å². The molecule has 7 nitrogen and oxygen atoms in total. The summed E-state index contributed by atoms with van der Waals surface area (Å²) in [4.78, 5) is 2.69. The van der Waals surface area contributed by atoms with E-state index in [4.69, 9.17) is 21.8 Å². The quantitative estimate of drug-likeness (QED) is 0.0519. The second-order valence-electron chi connectivity index (χ2n) is 13.1. The summed E-state index contributed by atoms with van der Waals surface area (Å²) in [6, 6.07) is 1.54. The molecule has 0 bridgehead atoms. The van der Waals surface area contributed by atoms with Gasteiger partial charge in [-0.15, -0.1) is 0 Å². The molecule has 272 valence electrons. The number of unbranched alkanes of at least 4 members (excludes halogenated alkanes) is 17. The predicted octanol–water partition coefficient (Wildman–Crippen LogP) is 10.00. The fourth-order valence-corrected chi connectivity index (χ4v) is 12.5. The van der Waals surface area contributed by atoms with Crippen molar-refractivity contribution >= 4 is 17.6 Å². The van der Waals surface area contributed by atoms with Gasteiger partial charge in [-0.2, -0.15) is 0 Å². The molecule has 0 aliphatic rings. The van der Waals surface area contributed by atoms with E-state index < -0.39 is 17.6 Å². The number of nitrogens with one attached hydrogen (secondary N) is 1. The minimum absolute atomic E-state index is 0.758. The summed E-state index contributed by atoms with van der Waals surface area (Å²) in [6.07, 6.45) is 28.9. The van der Waals surface area contributed by atoms with Crippen LogP contribution in [0.1, 0.15) is 162 Å². The van der Waals surface area contributed by atoms with Crippen LogP contribution in [-0.2, 0) is 21.8 Å². The van der Waals surface area contributed by atoms with Crippen LogP contribution in [0.2, 0.25) is 12.1 Å². The summed E-state index contributed by atoms with van der Waals surface area (Å²) in [5, 5.41) is 3.61. The molecule has 0 spiro atoms. The van der Waals surface area contributed by atoms with Gasteiger partial charge in [0.2, 0.25) is 0 Å². The fourth-order valence-electron chi connectivity index (χ4n) is 6.11. The SMILES string of the molecule is CCCCCCCCCNCCC[Si](OC)(OC)O[Si](CCCN(CCCCCCCC)CCCCCCCCC)(OC)OC. The molecule has 0 aromatic rings. The van der Waals surface area contributed by atoms with Gasteiger partial charge in [-0.3, -0.25) is 0 Å². The van der Waals surface area contributed by atoms with Crippen LogP contribution in [0, 0.1) is 0 Å². The highest BCUT2D eigenvalue weighted by Crippen LogP contribution is 2.26. The Morgan fingerprint density at radius 2 is 0.733 bits per heavy atom. The maximum Gasteiger partial charge on any atom is 0.493 e. The van der Waals surface area contributed by atoms with Crippen molar-refractivity contribution in [3.05, 3.63) is 0 Å². The molecular formula is C36H80N2O5Si2. The molecule has 0 saturated heterocycles. The number of hydrogen-bond acceptors (Lipinski definition) is 7. The summed E-state index contributed by atoms with van der Waals surface area (Å²) in [6.45, 7) is 12.3. The van der Waals surface area contributed by atoms with E-state index in [1.165, 1.54) is 142 Å². The van der Waals surface area contributed by atoms with Crippen LogP contribution in [0.25, 0.3) is 0 Å². The van der Waals surface area contributed by atoms with Gasteiger partial charge >= 0.3 is 17.6 Å². The van der Waals surface area contributed by atoms with Crippen LogP contribution in [0.5, 0.6) is 0 Å². The van der Waals surface area contributed by atoms with Crippen LogP contribution in [0.15, 0.2) is 0 Å². The minimum Gasteiger partial charge on any atom is -0.377 e. The van der Waals surface area contributed by atoms with Crippen LogP contribution in [0.4, 0.5) is 0 Å². The van der Waals surface area contributed by atoms with Gasteiger partial charge in [-0.1, -0.05) is 130 Å². The third kappa shape index (κ3) is 24.9. The standard InChI is InChI=1S/C36H80N2O5Si2/c1-8-11-14-17-20-22-25-30-37-31-28-35-44(39-4,40-5)43-45(41-6,42-7)36-29-34-38(32-26-23-19-16-13-10-3)33-27-24-21-18-15-12-9-2/h37H,8-36H2,1-7H3. The highest BCUT2D eigenvalue weighted by molar-refractivity contribution is 6.75. The van der Waals surface area contributed by atoms with Gasteiger partial charge in [-0.05, 0) is 64.8 Å². The Bertz CT molecular complexity index is 598. The summed E-state index contributed by atoms with van der Waals surface area (Å²) >= 11 is 0. The van der Waals surface area contributed by atoms with E-state index in [0.29, 0.717) is 0 Å². The van der Waals surface area contributed by atoms with Crippen LogP contribution < -0.4 is 5.32 Å². The average Bonchev–Trinajstić information content (AvgIpc) is 3.06. The summed E-state index contributed by atoms with van der Waals surface area (Å²) < 4.78 is 30.8. The van der Waals surface area contributed by atoms with Crippen molar-refractivity contribution in [1.29, 1.82) is 0 Å². The minimum atomic E-state index is -2.93. The largest absolute Gasteiger partial charge is 0.493 e. The number of rotatable bonds is 37. The molecule has 0 saturated carbocycles. The zero-order valence-electron chi connectivity index (χ0n) is 31.5. The lowest BCUT2D eigenvalue weighted by molar-refractivity contribution is 0.0851. The number of nitrogens with zero attached hydrogens (tertiary/aromatic N) is 1. The molecule has 0 aliphatic heterocycles. The van der Waals surface area contributed by atoms with Gasteiger partial charge in [0.1, 0.15) is 0 Å². The van der Waals surface area contributed by atoms with Crippen molar-refractivity contribution in [3.8, 4) is 0 Å². The van der Waals surface area contributed by atoms with E-state index in [9.17, 15) is 0 Å². The Kier molecular flexibility index (Phi) is 32.8. The van der Waals surface area contributed by atoms with Crippen LogP contribution in [-0.4, -0.2) is 83.7 Å². The maximum absolute atomic E-state index is 6.72. The molecule has 0 radical (unpaired) electrons. The van der Waals surface area contributed by atoms with E-state index in [0.717, 1.165) is 44.6 Å². The molecule has 0 fully saturated rings. The third-order valence-corrected chi connectivity index (χ3v) is 16.1. The summed E-state index contributed by atoms with van der Waals surface area (Å²) in [5.41, 5.74) is 0. The molecule has 0 atom stereocenters. The Labute approximate surface area is 284 Å². The first-order valence-corrected chi connectivity index (χ1v) is 23.2. The normalized spacial score (nSPS) is 12.5. The third-order valence-electron chi connectivity index (χ3n) is 9.21.